The fraction of sp³-hybridized carbons (Fsp3) is 0.0909. The van der Waals surface area contributed by atoms with Crippen molar-refractivity contribution in [3.63, 3.8) is 0 Å². The van der Waals surface area contributed by atoms with Gasteiger partial charge in [-0.3, -0.25) is 0 Å². The van der Waals surface area contributed by atoms with Crippen molar-refractivity contribution in [2.75, 3.05) is 5.73 Å². The third-order valence-corrected chi connectivity index (χ3v) is 3.18. The van der Waals surface area contributed by atoms with Gasteiger partial charge in [-0.25, -0.2) is 14.4 Å². The molecule has 2 aromatic rings. The molecule has 16 heavy (non-hydrogen) atoms. The molecule has 0 aliphatic carbocycles. The Morgan fingerprint density at radius 3 is 2.88 bits per heavy atom. The molecule has 0 bridgehead atoms. The lowest BCUT2D eigenvalue weighted by molar-refractivity contribution is 0.624. The van der Waals surface area contributed by atoms with Crippen molar-refractivity contribution in [1.29, 1.82) is 0 Å². The Morgan fingerprint density at radius 2 is 2.12 bits per heavy atom. The van der Waals surface area contributed by atoms with Crippen molar-refractivity contribution in [2.45, 2.75) is 16.8 Å². The molecule has 3 nitrogen and oxygen atoms in total. The number of nitrogen functional groups attached to an aromatic ring is 1. The first-order chi connectivity index (χ1) is 7.66. The van der Waals surface area contributed by atoms with Crippen LogP contribution < -0.4 is 5.73 Å². The summed E-state index contributed by atoms with van der Waals surface area (Å²) in [6, 6.07) is 6.36. The quantitative estimate of drug-likeness (QED) is 0.813. The van der Waals surface area contributed by atoms with Crippen molar-refractivity contribution in [3.8, 4) is 0 Å². The van der Waals surface area contributed by atoms with Crippen molar-refractivity contribution < 1.29 is 4.39 Å². The highest BCUT2D eigenvalue weighted by atomic mass is 32.2. The normalized spacial score (nSPS) is 10.4. The summed E-state index contributed by atoms with van der Waals surface area (Å²) in [6.45, 7) is 1.84. The zero-order valence-corrected chi connectivity index (χ0v) is 9.46. The van der Waals surface area contributed by atoms with Crippen LogP contribution >= 0.6 is 11.8 Å². The van der Waals surface area contributed by atoms with Crippen molar-refractivity contribution in [1.82, 2.24) is 9.97 Å². The molecule has 0 unspecified atom stereocenters. The van der Waals surface area contributed by atoms with Crippen LogP contribution in [0.5, 0.6) is 0 Å². The van der Waals surface area contributed by atoms with Gasteiger partial charge in [0.15, 0.2) is 0 Å². The highest BCUT2D eigenvalue weighted by Gasteiger charge is 2.06. The largest absolute Gasteiger partial charge is 0.383 e. The number of nitrogens with two attached hydrogens (primary N) is 1. The van der Waals surface area contributed by atoms with E-state index in [2.05, 4.69) is 9.97 Å². The molecule has 0 aliphatic heterocycles. The maximum atomic E-state index is 13.0. The zero-order chi connectivity index (χ0) is 11.5. The van der Waals surface area contributed by atoms with Crippen LogP contribution in [0.1, 0.15) is 5.56 Å². The number of rotatable bonds is 2. The van der Waals surface area contributed by atoms with E-state index >= 15 is 0 Å². The minimum absolute atomic E-state index is 0.260. The number of aromatic nitrogens is 2. The Kier molecular flexibility index (Phi) is 3.05. The molecule has 1 heterocycles. The lowest BCUT2D eigenvalue weighted by Crippen LogP contribution is -1.97. The van der Waals surface area contributed by atoms with Crippen LogP contribution in [-0.2, 0) is 0 Å². The first-order valence-corrected chi connectivity index (χ1v) is 5.49. The number of benzene rings is 1. The van der Waals surface area contributed by atoms with Crippen molar-refractivity contribution in [2.24, 2.45) is 0 Å². The van der Waals surface area contributed by atoms with E-state index in [0.29, 0.717) is 5.82 Å². The summed E-state index contributed by atoms with van der Waals surface area (Å²) < 4.78 is 13.0. The van der Waals surface area contributed by atoms with Gasteiger partial charge in [0, 0.05) is 10.5 Å². The number of anilines is 1. The minimum Gasteiger partial charge on any atom is -0.383 e. The summed E-state index contributed by atoms with van der Waals surface area (Å²) in [5, 5.41) is 0.748. The van der Waals surface area contributed by atoms with E-state index in [9.17, 15) is 4.39 Å². The molecule has 5 heteroatoms. The van der Waals surface area contributed by atoms with Crippen LogP contribution in [0.4, 0.5) is 10.2 Å². The second kappa shape index (κ2) is 4.49. The molecule has 82 valence electrons. The molecule has 0 atom stereocenters. The Bertz CT molecular complexity index is 516. The van der Waals surface area contributed by atoms with Crippen molar-refractivity contribution in [3.05, 3.63) is 42.0 Å². The van der Waals surface area contributed by atoms with E-state index < -0.39 is 0 Å². The van der Waals surface area contributed by atoms with Gasteiger partial charge in [-0.15, -0.1) is 0 Å². The van der Waals surface area contributed by atoms with E-state index in [1.165, 1.54) is 30.2 Å². The van der Waals surface area contributed by atoms with Gasteiger partial charge in [0.2, 0.25) is 0 Å². The first-order valence-electron chi connectivity index (χ1n) is 4.67. The van der Waals surface area contributed by atoms with E-state index in [4.69, 9.17) is 5.73 Å². The molecular weight excluding hydrogens is 225 g/mol. The average molecular weight is 235 g/mol. The molecule has 0 saturated heterocycles. The lowest BCUT2D eigenvalue weighted by Gasteiger charge is -2.05. The van der Waals surface area contributed by atoms with Crippen LogP contribution in [0, 0.1) is 12.7 Å². The molecule has 0 spiro atoms. The zero-order valence-electron chi connectivity index (χ0n) is 8.64. The maximum absolute atomic E-state index is 13.0. The Labute approximate surface area is 96.9 Å². The molecule has 0 amide bonds. The smallest absolute Gasteiger partial charge is 0.130 e. The van der Waals surface area contributed by atoms with Gasteiger partial charge in [0.1, 0.15) is 23.0 Å². The van der Waals surface area contributed by atoms with E-state index in [-0.39, 0.29) is 5.82 Å². The monoisotopic (exact) mass is 235 g/mol. The second-order valence-electron chi connectivity index (χ2n) is 3.25. The average Bonchev–Trinajstić information content (AvgIpc) is 2.25. The van der Waals surface area contributed by atoms with Gasteiger partial charge in [-0.2, -0.15) is 0 Å². The molecule has 2 N–H and O–H groups in total. The van der Waals surface area contributed by atoms with Crippen LogP contribution in [-0.4, -0.2) is 9.97 Å². The summed E-state index contributed by atoms with van der Waals surface area (Å²) >= 11 is 1.37. The number of nitrogens with zero attached hydrogens (tertiary/aromatic N) is 2. The molecule has 1 aromatic carbocycles. The highest BCUT2D eigenvalue weighted by molar-refractivity contribution is 7.99. The van der Waals surface area contributed by atoms with Gasteiger partial charge in [0.05, 0.1) is 0 Å². The lowest BCUT2D eigenvalue weighted by atomic mass is 10.3. The predicted octanol–water partition coefficient (Wildman–Crippen LogP) is 2.66. The molecule has 0 saturated carbocycles. The molecule has 0 aliphatic rings. The molecule has 0 fully saturated rings. The fourth-order valence-electron chi connectivity index (χ4n) is 1.19. The second-order valence-corrected chi connectivity index (χ2v) is 4.31. The van der Waals surface area contributed by atoms with E-state index in [0.717, 1.165) is 15.5 Å². The molecule has 2 rings (SSSR count). The van der Waals surface area contributed by atoms with Gasteiger partial charge in [-0.05, 0) is 25.1 Å². The Balaban J connectivity index is 2.31. The molecule has 0 radical (unpaired) electrons. The standard InChI is InChI=1S/C11H10FN3S/c1-7-10(13)14-6-15-11(7)16-9-4-2-3-8(12)5-9/h2-6H,1H3,(H2,13,14,15). The summed E-state index contributed by atoms with van der Waals surface area (Å²) in [6.07, 6.45) is 1.41. The topological polar surface area (TPSA) is 51.8 Å². The third-order valence-electron chi connectivity index (χ3n) is 2.09. The fourth-order valence-corrected chi connectivity index (χ4v) is 2.09. The Hall–Kier alpha value is -1.62. The summed E-state index contributed by atoms with van der Waals surface area (Å²) in [7, 11) is 0. The highest BCUT2D eigenvalue weighted by Crippen LogP contribution is 2.29. The van der Waals surface area contributed by atoms with Crippen LogP contribution in [0.2, 0.25) is 0 Å². The Morgan fingerprint density at radius 1 is 1.31 bits per heavy atom. The predicted molar refractivity (Wildman–Crippen MR) is 61.7 cm³/mol. The summed E-state index contributed by atoms with van der Waals surface area (Å²) in [5.41, 5.74) is 6.48. The third kappa shape index (κ3) is 2.30. The molecular formula is C11H10FN3S. The minimum atomic E-state index is -0.260. The number of hydrogen-bond donors (Lipinski definition) is 1. The first kappa shape index (κ1) is 10.9. The van der Waals surface area contributed by atoms with Crippen LogP contribution in [0.3, 0.4) is 0 Å². The number of hydrogen-bond acceptors (Lipinski definition) is 4. The number of halogens is 1. The maximum Gasteiger partial charge on any atom is 0.130 e. The van der Waals surface area contributed by atoms with Crippen LogP contribution in [0.15, 0.2) is 40.5 Å². The van der Waals surface area contributed by atoms with E-state index in [1.807, 2.05) is 13.0 Å². The van der Waals surface area contributed by atoms with Gasteiger partial charge < -0.3 is 5.73 Å². The van der Waals surface area contributed by atoms with E-state index in [1.54, 1.807) is 6.07 Å². The SMILES string of the molecule is Cc1c(N)ncnc1Sc1cccc(F)c1. The summed E-state index contributed by atoms with van der Waals surface area (Å²) in [4.78, 5) is 8.78. The van der Waals surface area contributed by atoms with Gasteiger partial charge >= 0.3 is 0 Å². The van der Waals surface area contributed by atoms with Gasteiger partial charge in [0.25, 0.3) is 0 Å². The van der Waals surface area contributed by atoms with Crippen LogP contribution in [0.25, 0.3) is 0 Å². The molecule has 1 aromatic heterocycles. The van der Waals surface area contributed by atoms with Gasteiger partial charge in [-0.1, -0.05) is 17.8 Å². The van der Waals surface area contributed by atoms with Crippen molar-refractivity contribution >= 4 is 17.6 Å². The summed E-state index contributed by atoms with van der Waals surface area (Å²) in [5.74, 6) is 0.193.